The standard InChI is InChI=1S/C13H17FN2O3S/c1-9-6-10(14)8-11(7-9)16-13(12(15)17)2-4-20(18,19)5-3-13/h6-8,16H,2-5H2,1H3,(H2,15,17). The largest absolute Gasteiger partial charge is 0.371 e. The Morgan fingerprint density at radius 3 is 2.40 bits per heavy atom. The van der Waals surface area contributed by atoms with Crippen molar-refractivity contribution < 1.29 is 17.6 Å². The number of carbonyl (C=O) groups is 1. The molecule has 0 aromatic heterocycles. The highest BCUT2D eigenvalue weighted by Crippen LogP contribution is 2.28. The Bertz CT molecular complexity index is 609. The van der Waals surface area contributed by atoms with Crippen molar-refractivity contribution in [2.75, 3.05) is 16.8 Å². The van der Waals surface area contributed by atoms with E-state index in [-0.39, 0.29) is 24.3 Å². The van der Waals surface area contributed by atoms with Gasteiger partial charge in [0.1, 0.15) is 11.4 Å². The minimum Gasteiger partial charge on any atom is -0.371 e. The first-order valence-corrected chi connectivity index (χ1v) is 8.10. The number of hydrogen-bond donors (Lipinski definition) is 2. The molecule has 1 aromatic rings. The van der Waals surface area contributed by atoms with Gasteiger partial charge in [-0.15, -0.1) is 0 Å². The Balaban J connectivity index is 2.29. The van der Waals surface area contributed by atoms with Crippen LogP contribution in [0.4, 0.5) is 10.1 Å². The maximum Gasteiger partial charge on any atom is 0.243 e. The number of nitrogens with two attached hydrogens (primary N) is 1. The van der Waals surface area contributed by atoms with Crippen LogP contribution in [0, 0.1) is 12.7 Å². The summed E-state index contributed by atoms with van der Waals surface area (Å²) in [4.78, 5) is 11.7. The van der Waals surface area contributed by atoms with Crippen LogP contribution in [0.3, 0.4) is 0 Å². The SMILES string of the molecule is Cc1cc(F)cc(NC2(C(N)=O)CCS(=O)(=O)CC2)c1. The molecule has 1 amide bonds. The zero-order valence-electron chi connectivity index (χ0n) is 11.1. The van der Waals surface area contributed by atoms with Crippen LogP contribution >= 0.6 is 0 Å². The lowest BCUT2D eigenvalue weighted by Crippen LogP contribution is -2.55. The summed E-state index contributed by atoms with van der Waals surface area (Å²) in [5.41, 5.74) is 5.43. The smallest absolute Gasteiger partial charge is 0.243 e. The molecule has 0 atom stereocenters. The average molecular weight is 300 g/mol. The van der Waals surface area contributed by atoms with Gasteiger partial charge in [0.15, 0.2) is 9.84 Å². The fourth-order valence-corrected chi connectivity index (χ4v) is 3.93. The van der Waals surface area contributed by atoms with Gasteiger partial charge in [0.2, 0.25) is 5.91 Å². The third-order valence-electron chi connectivity index (χ3n) is 3.58. The van der Waals surface area contributed by atoms with Crippen LogP contribution in [0.2, 0.25) is 0 Å². The van der Waals surface area contributed by atoms with Gasteiger partial charge in [0.25, 0.3) is 0 Å². The van der Waals surface area contributed by atoms with E-state index in [0.717, 1.165) is 0 Å². The van der Waals surface area contributed by atoms with Gasteiger partial charge in [-0.25, -0.2) is 12.8 Å². The highest BCUT2D eigenvalue weighted by molar-refractivity contribution is 7.91. The van der Waals surface area contributed by atoms with Crippen LogP contribution < -0.4 is 11.1 Å². The normalized spacial score (nSPS) is 20.3. The third kappa shape index (κ3) is 3.09. The number of aryl methyl sites for hydroxylation is 1. The second kappa shape index (κ2) is 5.05. The van der Waals surface area contributed by atoms with Gasteiger partial charge < -0.3 is 11.1 Å². The first-order valence-electron chi connectivity index (χ1n) is 6.28. The van der Waals surface area contributed by atoms with E-state index >= 15 is 0 Å². The number of anilines is 1. The van der Waals surface area contributed by atoms with Gasteiger partial charge >= 0.3 is 0 Å². The summed E-state index contributed by atoms with van der Waals surface area (Å²) < 4.78 is 36.3. The van der Waals surface area contributed by atoms with Crippen molar-refractivity contribution in [3.63, 3.8) is 0 Å². The van der Waals surface area contributed by atoms with E-state index in [0.29, 0.717) is 11.3 Å². The van der Waals surface area contributed by atoms with Crippen molar-refractivity contribution in [2.24, 2.45) is 5.73 Å². The fourth-order valence-electron chi connectivity index (χ4n) is 2.40. The van der Waals surface area contributed by atoms with E-state index in [9.17, 15) is 17.6 Å². The third-order valence-corrected chi connectivity index (χ3v) is 5.23. The number of carbonyl (C=O) groups excluding carboxylic acids is 1. The van der Waals surface area contributed by atoms with Crippen molar-refractivity contribution in [1.82, 2.24) is 0 Å². The molecule has 1 aromatic carbocycles. The zero-order valence-corrected chi connectivity index (χ0v) is 12.0. The lowest BCUT2D eigenvalue weighted by atomic mass is 9.91. The Labute approximate surface area is 117 Å². The lowest BCUT2D eigenvalue weighted by molar-refractivity contribution is -0.122. The van der Waals surface area contributed by atoms with Gasteiger partial charge in [-0.2, -0.15) is 0 Å². The molecule has 1 aliphatic heterocycles. The number of amides is 1. The Morgan fingerprint density at radius 1 is 1.30 bits per heavy atom. The molecule has 1 heterocycles. The summed E-state index contributed by atoms with van der Waals surface area (Å²) in [7, 11) is -3.12. The van der Waals surface area contributed by atoms with Gasteiger partial charge in [-0.05, 0) is 43.5 Å². The van der Waals surface area contributed by atoms with Crippen molar-refractivity contribution in [3.8, 4) is 0 Å². The number of nitrogens with one attached hydrogen (secondary N) is 1. The summed E-state index contributed by atoms with van der Waals surface area (Å²) in [5.74, 6) is -1.24. The molecule has 2 rings (SSSR count). The molecule has 1 aliphatic rings. The summed E-state index contributed by atoms with van der Waals surface area (Å²) in [6, 6.07) is 4.32. The van der Waals surface area contributed by atoms with E-state index < -0.39 is 27.1 Å². The van der Waals surface area contributed by atoms with Gasteiger partial charge in [-0.3, -0.25) is 4.79 Å². The second-order valence-corrected chi connectivity index (χ2v) is 7.54. The minimum absolute atomic E-state index is 0.0974. The first-order chi connectivity index (χ1) is 9.22. The van der Waals surface area contributed by atoms with Crippen LogP contribution in [0.15, 0.2) is 18.2 Å². The molecule has 20 heavy (non-hydrogen) atoms. The van der Waals surface area contributed by atoms with Gasteiger partial charge in [-0.1, -0.05) is 0 Å². The second-order valence-electron chi connectivity index (χ2n) is 5.24. The minimum atomic E-state index is -3.12. The molecule has 110 valence electrons. The van der Waals surface area contributed by atoms with E-state index in [1.54, 1.807) is 13.0 Å². The predicted molar refractivity (Wildman–Crippen MR) is 74.6 cm³/mol. The molecule has 0 saturated carbocycles. The van der Waals surface area contributed by atoms with Gasteiger partial charge in [0.05, 0.1) is 11.5 Å². The van der Waals surface area contributed by atoms with Crippen molar-refractivity contribution in [2.45, 2.75) is 25.3 Å². The predicted octanol–water partition coefficient (Wildman–Crippen LogP) is 0.979. The van der Waals surface area contributed by atoms with Crippen molar-refractivity contribution >= 4 is 21.4 Å². The highest BCUT2D eigenvalue weighted by Gasteiger charge is 2.42. The Morgan fingerprint density at radius 2 is 1.90 bits per heavy atom. The molecule has 1 saturated heterocycles. The first kappa shape index (κ1) is 14.8. The quantitative estimate of drug-likeness (QED) is 0.871. The number of rotatable bonds is 3. The summed E-state index contributed by atoms with van der Waals surface area (Å²) in [6.45, 7) is 1.73. The molecule has 0 aliphatic carbocycles. The highest BCUT2D eigenvalue weighted by atomic mass is 32.2. The molecule has 0 radical (unpaired) electrons. The Hall–Kier alpha value is -1.63. The average Bonchev–Trinajstić information content (AvgIpc) is 2.30. The lowest BCUT2D eigenvalue weighted by Gasteiger charge is -2.35. The van der Waals surface area contributed by atoms with E-state index in [2.05, 4.69) is 5.32 Å². The Kier molecular flexibility index (Phi) is 3.73. The number of sulfone groups is 1. The van der Waals surface area contributed by atoms with Crippen LogP contribution in [-0.4, -0.2) is 31.4 Å². The number of hydrogen-bond acceptors (Lipinski definition) is 4. The monoisotopic (exact) mass is 300 g/mol. The summed E-state index contributed by atoms with van der Waals surface area (Å²) in [6.07, 6.45) is 0.195. The van der Waals surface area contributed by atoms with Crippen LogP contribution in [0.5, 0.6) is 0 Å². The van der Waals surface area contributed by atoms with Crippen LogP contribution in [0.25, 0.3) is 0 Å². The van der Waals surface area contributed by atoms with Crippen LogP contribution in [-0.2, 0) is 14.6 Å². The molecule has 3 N–H and O–H groups in total. The summed E-state index contributed by atoms with van der Waals surface area (Å²) in [5, 5.41) is 2.93. The number of halogens is 1. The van der Waals surface area contributed by atoms with E-state index in [4.69, 9.17) is 5.73 Å². The zero-order chi connectivity index (χ0) is 15.0. The maximum absolute atomic E-state index is 13.4. The molecule has 5 nitrogen and oxygen atoms in total. The molecule has 1 fully saturated rings. The number of primary amides is 1. The molecule has 0 bridgehead atoms. The van der Waals surface area contributed by atoms with Crippen LogP contribution in [0.1, 0.15) is 18.4 Å². The van der Waals surface area contributed by atoms with Crippen molar-refractivity contribution in [3.05, 3.63) is 29.6 Å². The van der Waals surface area contributed by atoms with Crippen molar-refractivity contribution in [1.29, 1.82) is 0 Å². The molecule has 0 spiro atoms. The van der Waals surface area contributed by atoms with E-state index in [1.807, 2.05) is 0 Å². The maximum atomic E-state index is 13.4. The molecular formula is C13H17FN2O3S. The number of benzene rings is 1. The van der Waals surface area contributed by atoms with Gasteiger partial charge in [0, 0.05) is 5.69 Å². The molecule has 7 heteroatoms. The topological polar surface area (TPSA) is 89.3 Å². The molecular weight excluding hydrogens is 283 g/mol. The van der Waals surface area contributed by atoms with E-state index in [1.165, 1.54) is 12.1 Å². The fraction of sp³-hybridized carbons (Fsp3) is 0.462. The molecule has 0 unspecified atom stereocenters. The summed E-state index contributed by atoms with van der Waals surface area (Å²) >= 11 is 0.